The molecule has 32 heavy (non-hydrogen) atoms. The summed E-state index contributed by atoms with van der Waals surface area (Å²) in [4.78, 5) is 0. The summed E-state index contributed by atoms with van der Waals surface area (Å²) in [6.07, 6.45) is -3.48. The van der Waals surface area contributed by atoms with E-state index in [1.807, 2.05) is 35.0 Å². The molecule has 0 saturated carbocycles. The summed E-state index contributed by atoms with van der Waals surface area (Å²) in [7, 11) is 1.72. The molecule has 166 valence electrons. The van der Waals surface area contributed by atoms with Crippen molar-refractivity contribution in [3.05, 3.63) is 95.9 Å². The first-order chi connectivity index (χ1) is 15.3. The summed E-state index contributed by atoms with van der Waals surface area (Å²) in [5, 5.41) is 14.7. The second-order valence-electron chi connectivity index (χ2n) is 7.67. The fourth-order valence-corrected chi connectivity index (χ4v) is 4.08. The van der Waals surface area contributed by atoms with Crippen LogP contribution in [-0.2, 0) is 6.18 Å². The van der Waals surface area contributed by atoms with Gasteiger partial charge in [0.05, 0.1) is 17.7 Å². The van der Waals surface area contributed by atoms with E-state index in [9.17, 15) is 22.7 Å². The van der Waals surface area contributed by atoms with E-state index in [-0.39, 0.29) is 6.54 Å². The molecule has 0 amide bonds. The summed E-state index contributed by atoms with van der Waals surface area (Å²) in [5.41, 5.74) is 2.01. The Balaban J connectivity index is 1.89. The minimum atomic E-state index is -4.41. The zero-order valence-corrected chi connectivity index (χ0v) is 17.3. The zero-order chi connectivity index (χ0) is 22.9. The number of fused-ring (bicyclic) bond motifs is 1. The van der Waals surface area contributed by atoms with Gasteiger partial charge in [0.15, 0.2) is 0 Å². The van der Waals surface area contributed by atoms with Crippen molar-refractivity contribution < 1.29 is 22.7 Å². The molecule has 0 saturated heterocycles. The number of likely N-dealkylation sites (N-methyl/N-ethyl adjacent to an activating group) is 1. The van der Waals surface area contributed by atoms with E-state index in [0.717, 1.165) is 28.6 Å². The first kappa shape index (κ1) is 22.0. The maximum Gasteiger partial charge on any atom is 0.416 e. The zero-order valence-electron chi connectivity index (χ0n) is 17.3. The van der Waals surface area contributed by atoms with Crippen molar-refractivity contribution >= 4 is 10.9 Å². The average molecular weight is 442 g/mol. The number of para-hydroxylation sites is 1. The molecule has 2 atom stereocenters. The molecule has 3 nitrogen and oxygen atoms in total. The highest BCUT2D eigenvalue weighted by atomic mass is 19.4. The molecule has 2 N–H and O–H groups in total. The van der Waals surface area contributed by atoms with Crippen molar-refractivity contribution in [3.63, 3.8) is 0 Å². The molecular formula is C25H22F4N2O. The van der Waals surface area contributed by atoms with E-state index in [0.29, 0.717) is 11.1 Å². The number of aliphatic hydroxyl groups is 1. The van der Waals surface area contributed by atoms with Gasteiger partial charge in [-0.1, -0.05) is 42.5 Å². The van der Waals surface area contributed by atoms with Crippen LogP contribution in [0.4, 0.5) is 17.6 Å². The van der Waals surface area contributed by atoms with Gasteiger partial charge in [0.1, 0.15) is 5.82 Å². The van der Waals surface area contributed by atoms with Crippen LogP contribution in [0.25, 0.3) is 22.0 Å². The molecule has 3 aromatic carbocycles. The quantitative estimate of drug-likeness (QED) is 0.380. The van der Waals surface area contributed by atoms with Gasteiger partial charge in [-0.3, -0.25) is 0 Å². The Kier molecular flexibility index (Phi) is 6.04. The lowest BCUT2D eigenvalue weighted by Gasteiger charge is -2.26. The minimum Gasteiger partial charge on any atom is -0.389 e. The summed E-state index contributed by atoms with van der Waals surface area (Å²) < 4.78 is 54.9. The number of hydrogen-bond donors (Lipinski definition) is 2. The smallest absolute Gasteiger partial charge is 0.389 e. The fraction of sp³-hybridized carbons (Fsp3) is 0.200. The average Bonchev–Trinajstić information content (AvgIpc) is 3.13. The summed E-state index contributed by atoms with van der Waals surface area (Å²) in [5.74, 6) is -0.413. The van der Waals surface area contributed by atoms with E-state index in [1.54, 1.807) is 19.2 Å². The Morgan fingerprint density at radius 3 is 2.34 bits per heavy atom. The van der Waals surface area contributed by atoms with Crippen LogP contribution in [-0.4, -0.2) is 29.4 Å². The second-order valence-corrected chi connectivity index (χ2v) is 7.67. The van der Waals surface area contributed by atoms with E-state index in [2.05, 4.69) is 5.32 Å². The van der Waals surface area contributed by atoms with Crippen molar-refractivity contribution in [2.75, 3.05) is 13.6 Å². The lowest BCUT2D eigenvalue weighted by molar-refractivity contribution is -0.137. The van der Waals surface area contributed by atoms with Crippen LogP contribution in [0, 0.1) is 5.82 Å². The van der Waals surface area contributed by atoms with Gasteiger partial charge < -0.3 is 15.0 Å². The van der Waals surface area contributed by atoms with E-state index in [4.69, 9.17) is 0 Å². The standard InChI is InChI=1S/C25H22F4N2O/c1-30-14-23(32)24(17-5-4-6-19(26)13-17)31-15-21(20-7-2-3-8-22(20)31)16-9-11-18(12-10-16)25(27,28)29/h2-13,15,23-24,30,32H,14H2,1H3/t23?,24-/m0/s1. The molecular weight excluding hydrogens is 420 g/mol. The van der Waals surface area contributed by atoms with Gasteiger partial charge in [-0.25, -0.2) is 4.39 Å². The number of aliphatic hydroxyl groups excluding tert-OH is 1. The number of hydrogen-bond acceptors (Lipinski definition) is 2. The molecule has 0 spiro atoms. The van der Waals surface area contributed by atoms with Gasteiger partial charge in [-0.15, -0.1) is 0 Å². The Labute approximate surface area is 182 Å². The largest absolute Gasteiger partial charge is 0.416 e. The topological polar surface area (TPSA) is 37.2 Å². The van der Waals surface area contributed by atoms with Crippen molar-refractivity contribution in [1.29, 1.82) is 0 Å². The second kappa shape index (κ2) is 8.76. The van der Waals surface area contributed by atoms with Crippen LogP contribution in [0.15, 0.2) is 79.0 Å². The lowest BCUT2D eigenvalue weighted by Crippen LogP contribution is -2.33. The maximum absolute atomic E-state index is 14.0. The van der Waals surface area contributed by atoms with Crippen LogP contribution in [0.3, 0.4) is 0 Å². The minimum absolute atomic E-state index is 0.267. The number of halogens is 4. The van der Waals surface area contributed by atoms with Crippen LogP contribution in [0.5, 0.6) is 0 Å². The van der Waals surface area contributed by atoms with Crippen molar-refractivity contribution in [1.82, 2.24) is 9.88 Å². The summed E-state index contributed by atoms with van der Waals surface area (Å²) in [6.45, 7) is 0.267. The molecule has 1 unspecified atom stereocenters. The Morgan fingerprint density at radius 1 is 0.969 bits per heavy atom. The third-order valence-electron chi connectivity index (χ3n) is 5.53. The predicted octanol–water partition coefficient (Wildman–Crippen LogP) is 5.64. The van der Waals surface area contributed by atoms with Gasteiger partial charge in [0.2, 0.25) is 0 Å². The molecule has 0 aliphatic rings. The SMILES string of the molecule is CNCC(O)[C@H](c1cccc(F)c1)n1cc(-c2ccc(C(F)(F)F)cc2)c2ccccc21. The highest BCUT2D eigenvalue weighted by molar-refractivity contribution is 5.96. The van der Waals surface area contributed by atoms with E-state index in [1.165, 1.54) is 24.3 Å². The number of nitrogens with one attached hydrogen (secondary N) is 1. The van der Waals surface area contributed by atoms with Gasteiger partial charge in [-0.05, 0) is 48.5 Å². The molecule has 0 aliphatic heterocycles. The fourth-order valence-electron chi connectivity index (χ4n) is 4.08. The number of aromatic nitrogens is 1. The third kappa shape index (κ3) is 4.26. The Bertz CT molecular complexity index is 1210. The van der Waals surface area contributed by atoms with Crippen LogP contribution >= 0.6 is 0 Å². The van der Waals surface area contributed by atoms with Crippen LogP contribution < -0.4 is 5.32 Å². The van der Waals surface area contributed by atoms with Crippen molar-refractivity contribution in [2.24, 2.45) is 0 Å². The molecule has 0 aliphatic carbocycles. The molecule has 7 heteroatoms. The van der Waals surface area contributed by atoms with E-state index >= 15 is 0 Å². The number of nitrogens with zero attached hydrogens (tertiary/aromatic N) is 1. The van der Waals surface area contributed by atoms with Crippen molar-refractivity contribution in [3.8, 4) is 11.1 Å². The first-order valence-electron chi connectivity index (χ1n) is 10.1. The Hall–Kier alpha value is -3.16. The molecule has 0 radical (unpaired) electrons. The van der Waals surface area contributed by atoms with E-state index < -0.39 is 29.7 Å². The Morgan fingerprint density at radius 2 is 1.69 bits per heavy atom. The first-order valence-corrected chi connectivity index (χ1v) is 10.1. The van der Waals surface area contributed by atoms with Gasteiger partial charge >= 0.3 is 6.18 Å². The summed E-state index contributed by atoms with van der Waals surface area (Å²) in [6, 6.07) is 17.9. The molecule has 1 aromatic heterocycles. The lowest BCUT2D eigenvalue weighted by atomic mass is 10.0. The molecule has 4 aromatic rings. The highest BCUT2D eigenvalue weighted by Gasteiger charge is 2.30. The highest BCUT2D eigenvalue weighted by Crippen LogP contribution is 2.37. The van der Waals surface area contributed by atoms with Crippen molar-refractivity contribution in [2.45, 2.75) is 18.3 Å². The maximum atomic E-state index is 14.0. The normalized spacial score (nSPS) is 13.9. The molecule has 0 bridgehead atoms. The summed E-state index contributed by atoms with van der Waals surface area (Å²) >= 11 is 0. The van der Waals surface area contributed by atoms with Crippen LogP contribution in [0.1, 0.15) is 17.2 Å². The number of benzene rings is 3. The predicted molar refractivity (Wildman–Crippen MR) is 117 cm³/mol. The number of alkyl halides is 3. The molecule has 0 fully saturated rings. The van der Waals surface area contributed by atoms with Gasteiger partial charge in [-0.2, -0.15) is 13.2 Å². The van der Waals surface area contributed by atoms with Gasteiger partial charge in [0.25, 0.3) is 0 Å². The van der Waals surface area contributed by atoms with Gasteiger partial charge in [0, 0.05) is 29.2 Å². The molecule has 4 rings (SSSR count). The monoisotopic (exact) mass is 442 g/mol. The van der Waals surface area contributed by atoms with Crippen LogP contribution in [0.2, 0.25) is 0 Å². The number of rotatable bonds is 6. The molecule has 1 heterocycles. The third-order valence-corrected chi connectivity index (χ3v) is 5.53.